The van der Waals surface area contributed by atoms with Crippen molar-refractivity contribution < 1.29 is 19.1 Å². The highest BCUT2D eigenvalue weighted by Crippen LogP contribution is 2.23. The first-order valence-corrected chi connectivity index (χ1v) is 9.26. The van der Waals surface area contributed by atoms with Crippen molar-refractivity contribution in [1.29, 1.82) is 5.26 Å². The molecule has 1 aliphatic rings. The maximum absolute atomic E-state index is 12.8. The number of nitrogens with zero attached hydrogens (tertiary/aromatic N) is 5. The highest BCUT2D eigenvalue weighted by atomic mass is 16.4. The van der Waals surface area contributed by atoms with Crippen LogP contribution in [0.1, 0.15) is 45.4 Å². The lowest BCUT2D eigenvalue weighted by molar-refractivity contribution is -0.122. The zero-order chi connectivity index (χ0) is 21.6. The summed E-state index contributed by atoms with van der Waals surface area (Å²) in [6.07, 6.45) is 0.803. The van der Waals surface area contributed by atoms with Gasteiger partial charge in [-0.25, -0.2) is 9.97 Å². The van der Waals surface area contributed by atoms with Crippen LogP contribution in [0.2, 0.25) is 0 Å². The molecule has 0 atom stereocenters. The predicted octanol–water partition coefficient (Wildman–Crippen LogP) is 2.23. The van der Waals surface area contributed by atoms with Crippen LogP contribution in [0.5, 0.6) is 0 Å². The Morgan fingerprint density at radius 3 is 2.48 bits per heavy atom. The van der Waals surface area contributed by atoms with E-state index in [1.54, 1.807) is 18.7 Å². The van der Waals surface area contributed by atoms with Gasteiger partial charge in [0.05, 0.1) is 11.3 Å². The van der Waals surface area contributed by atoms with Gasteiger partial charge in [-0.1, -0.05) is 0 Å². The van der Waals surface area contributed by atoms with Crippen LogP contribution in [0.3, 0.4) is 0 Å². The fraction of sp³-hybridized carbons (Fsp3) is 0.450. The smallest absolute Gasteiger partial charge is 0.291 e. The summed E-state index contributed by atoms with van der Waals surface area (Å²) in [4.78, 5) is 33.8. The van der Waals surface area contributed by atoms with Crippen molar-refractivity contribution in [3.8, 4) is 6.07 Å². The van der Waals surface area contributed by atoms with E-state index in [0.29, 0.717) is 48.4 Å². The lowest BCUT2D eigenvalue weighted by Crippen LogP contribution is -2.35. The number of aromatic nitrogens is 2. The molecular weight excluding hydrogens is 374 g/mol. The van der Waals surface area contributed by atoms with Gasteiger partial charge in [-0.15, -0.1) is 0 Å². The minimum atomic E-state index is -0.250. The van der Waals surface area contributed by atoms with Crippen molar-refractivity contribution in [3.05, 3.63) is 40.2 Å². The summed E-state index contributed by atoms with van der Waals surface area (Å²) in [5.74, 6) is 1.41. The second kappa shape index (κ2) is 9.68. The molecule has 1 aliphatic heterocycles. The van der Waals surface area contributed by atoms with Crippen LogP contribution in [0.15, 0.2) is 10.5 Å². The van der Waals surface area contributed by atoms with Crippen LogP contribution >= 0.6 is 0 Å². The molecule has 2 aromatic heterocycles. The highest BCUT2D eigenvalue weighted by molar-refractivity contribution is 5.92. The molecule has 0 spiro atoms. The summed E-state index contributed by atoms with van der Waals surface area (Å²) in [5, 5.41) is 16.4. The summed E-state index contributed by atoms with van der Waals surface area (Å²) in [5.41, 5.74) is 3.05. The van der Waals surface area contributed by atoms with Crippen LogP contribution in [-0.4, -0.2) is 58.5 Å². The summed E-state index contributed by atoms with van der Waals surface area (Å²) in [6, 6.07) is 4.19. The molecule has 29 heavy (non-hydrogen) atoms. The highest BCUT2D eigenvalue weighted by Gasteiger charge is 2.26. The van der Waals surface area contributed by atoms with E-state index in [2.05, 4.69) is 20.9 Å². The average molecular weight is 399 g/mol. The van der Waals surface area contributed by atoms with Gasteiger partial charge in [0, 0.05) is 38.8 Å². The Balaban J connectivity index is 0.000000941. The summed E-state index contributed by atoms with van der Waals surface area (Å²) >= 11 is 0. The summed E-state index contributed by atoms with van der Waals surface area (Å²) < 4.78 is 5.48. The predicted molar refractivity (Wildman–Crippen MR) is 106 cm³/mol. The molecule has 154 valence electrons. The quantitative estimate of drug-likeness (QED) is 0.763. The van der Waals surface area contributed by atoms with Gasteiger partial charge in [-0.05, 0) is 38.8 Å². The number of pyridine rings is 1. The molecule has 9 nitrogen and oxygen atoms in total. The van der Waals surface area contributed by atoms with E-state index in [1.165, 1.54) is 0 Å². The first-order chi connectivity index (χ1) is 13.8. The Morgan fingerprint density at radius 1 is 1.21 bits per heavy atom. The maximum Gasteiger partial charge on any atom is 0.291 e. The van der Waals surface area contributed by atoms with Crippen molar-refractivity contribution in [2.24, 2.45) is 0 Å². The molecule has 0 bridgehead atoms. The number of rotatable bonds is 2. The number of hydrogen-bond acceptors (Lipinski definition) is 7. The monoisotopic (exact) mass is 399 g/mol. The molecule has 3 rings (SSSR count). The van der Waals surface area contributed by atoms with Gasteiger partial charge >= 0.3 is 0 Å². The number of carboxylic acid groups (broad SMARTS) is 1. The number of hydrogen-bond donors (Lipinski definition) is 1. The van der Waals surface area contributed by atoms with E-state index in [4.69, 9.17) is 14.3 Å². The number of nitriles is 1. The summed E-state index contributed by atoms with van der Waals surface area (Å²) in [7, 11) is 0. The number of carbonyl (C=O) groups excluding carboxylic acids is 1. The molecule has 0 saturated carbocycles. The lowest BCUT2D eigenvalue weighted by atomic mass is 10.1. The van der Waals surface area contributed by atoms with Gasteiger partial charge in [0.1, 0.15) is 11.9 Å². The number of oxazole rings is 1. The Morgan fingerprint density at radius 2 is 1.90 bits per heavy atom. The normalized spacial score (nSPS) is 13.8. The third-order valence-electron chi connectivity index (χ3n) is 4.62. The van der Waals surface area contributed by atoms with Crippen molar-refractivity contribution in [2.75, 3.05) is 31.1 Å². The standard InChI is InChI=1S/C19H23N5O2.CH2O2/c1-12-10-13(2)21-18(16(12)11-20)23-6-5-7-24(9-8-23)19(25)17-14(3)22-15(4)26-17;2-1-3/h10H,5-9H2,1-4H3;1H,(H,2,3). The van der Waals surface area contributed by atoms with E-state index in [-0.39, 0.29) is 12.4 Å². The van der Waals surface area contributed by atoms with Crippen LogP contribution in [0.25, 0.3) is 0 Å². The van der Waals surface area contributed by atoms with Crippen LogP contribution in [-0.2, 0) is 4.79 Å². The molecule has 0 radical (unpaired) electrons. The molecule has 0 aliphatic carbocycles. The number of anilines is 1. The van der Waals surface area contributed by atoms with Crippen LogP contribution in [0, 0.1) is 39.0 Å². The zero-order valence-corrected chi connectivity index (χ0v) is 17.1. The number of aryl methyl sites for hydroxylation is 4. The van der Waals surface area contributed by atoms with E-state index in [0.717, 1.165) is 24.2 Å². The third-order valence-corrected chi connectivity index (χ3v) is 4.62. The van der Waals surface area contributed by atoms with E-state index in [1.807, 2.05) is 19.9 Å². The first kappa shape index (κ1) is 21.9. The van der Waals surface area contributed by atoms with Gasteiger partial charge in [0.25, 0.3) is 12.4 Å². The molecule has 1 saturated heterocycles. The maximum atomic E-state index is 12.8. The van der Waals surface area contributed by atoms with E-state index < -0.39 is 0 Å². The molecule has 0 unspecified atom stereocenters. The van der Waals surface area contributed by atoms with Gasteiger partial charge < -0.3 is 19.3 Å². The van der Waals surface area contributed by atoms with Crippen LogP contribution < -0.4 is 4.90 Å². The second-order valence-corrected chi connectivity index (χ2v) is 6.78. The fourth-order valence-electron chi connectivity index (χ4n) is 3.39. The molecular formula is C20H25N5O4. The van der Waals surface area contributed by atoms with Crippen LogP contribution in [0.4, 0.5) is 5.82 Å². The fourth-order valence-corrected chi connectivity index (χ4v) is 3.39. The second-order valence-electron chi connectivity index (χ2n) is 6.78. The van der Waals surface area contributed by atoms with Gasteiger partial charge in [-0.2, -0.15) is 5.26 Å². The molecule has 1 amide bonds. The topological polar surface area (TPSA) is 124 Å². The molecule has 1 fully saturated rings. The van der Waals surface area contributed by atoms with E-state index >= 15 is 0 Å². The van der Waals surface area contributed by atoms with Crippen molar-refractivity contribution in [3.63, 3.8) is 0 Å². The summed E-state index contributed by atoms with van der Waals surface area (Å²) in [6.45, 7) is 9.71. The third kappa shape index (κ3) is 5.10. The molecule has 2 aromatic rings. The van der Waals surface area contributed by atoms with E-state index in [9.17, 15) is 10.1 Å². The Hall–Kier alpha value is -3.41. The SMILES string of the molecule is Cc1cc(C)c(C#N)c(N2CCCN(C(=O)c3oc(C)nc3C)CC2)n1.O=CO. The molecule has 1 N–H and O–H groups in total. The molecule has 9 heteroatoms. The number of amides is 1. The van der Waals surface area contributed by atoms with Gasteiger partial charge in [0.15, 0.2) is 5.89 Å². The Kier molecular flexibility index (Phi) is 7.31. The molecule has 0 aromatic carbocycles. The minimum Gasteiger partial charge on any atom is -0.483 e. The minimum absolute atomic E-state index is 0.126. The van der Waals surface area contributed by atoms with Crippen molar-refractivity contribution >= 4 is 18.2 Å². The largest absolute Gasteiger partial charge is 0.483 e. The molecule has 3 heterocycles. The van der Waals surface area contributed by atoms with Crippen molar-refractivity contribution in [2.45, 2.75) is 34.1 Å². The number of carbonyl (C=O) groups is 2. The van der Waals surface area contributed by atoms with Gasteiger partial charge in [0.2, 0.25) is 5.76 Å². The average Bonchev–Trinajstić information content (AvgIpc) is 2.85. The lowest BCUT2D eigenvalue weighted by Gasteiger charge is -2.24. The Bertz CT molecular complexity index is 932. The Labute approximate surface area is 169 Å². The zero-order valence-electron chi connectivity index (χ0n) is 17.1. The van der Waals surface area contributed by atoms with Gasteiger partial charge in [-0.3, -0.25) is 9.59 Å². The first-order valence-electron chi connectivity index (χ1n) is 9.26. The van der Waals surface area contributed by atoms with Crippen molar-refractivity contribution in [1.82, 2.24) is 14.9 Å².